The molecule has 32 heavy (non-hydrogen) atoms. The van der Waals surface area contributed by atoms with Crippen molar-refractivity contribution in [1.29, 1.82) is 0 Å². The molecule has 1 unspecified atom stereocenters. The number of carbonyl (C=O) groups excluding carboxylic acids is 1. The molecule has 5 rings (SSSR count). The first kappa shape index (κ1) is 21.2. The molecule has 1 amide bonds. The van der Waals surface area contributed by atoms with Gasteiger partial charge in [0.05, 0.1) is 23.9 Å². The predicted molar refractivity (Wildman–Crippen MR) is 127 cm³/mol. The van der Waals surface area contributed by atoms with Crippen molar-refractivity contribution in [1.82, 2.24) is 19.2 Å². The highest BCUT2D eigenvalue weighted by molar-refractivity contribution is 7.99. The van der Waals surface area contributed by atoms with Gasteiger partial charge in [-0.25, -0.2) is 0 Å². The zero-order valence-electron chi connectivity index (χ0n) is 17.6. The Morgan fingerprint density at radius 2 is 2.12 bits per heavy atom. The van der Waals surface area contributed by atoms with Crippen LogP contribution < -0.4 is 10.9 Å². The number of hydrogen-bond acceptors (Lipinski definition) is 7. The number of ether oxygens (including phenoxy) is 1. The molecule has 0 bridgehead atoms. The summed E-state index contributed by atoms with van der Waals surface area (Å²) < 4.78 is 9.92. The summed E-state index contributed by atoms with van der Waals surface area (Å²) in [7, 11) is 0. The number of fused-ring (bicyclic) bond motifs is 3. The standard InChI is InChI=1S/C22H23N5O3S2/c1-2-14-5-7-15(8-6-14)23-18(28)13-32-22-25-24-21-26(12-16-4-3-10-30-16)20(29)19-17(27(21)22)9-11-31-19/h5-9,11,16H,2-4,10,12-13H2,1H3,(H,23,28). The summed E-state index contributed by atoms with van der Waals surface area (Å²) in [6.07, 6.45) is 2.89. The summed E-state index contributed by atoms with van der Waals surface area (Å²) in [6, 6.07) is 9.73. The molecule has 0 radical (unpaired) electrons. The molecule has 0 spiro atoms. The topological polar surface area (TPSA) is 90.5 Å². The fourth-order valence-electron chi connectivity index (χ4n) is 3.90. The second kappa shape index (κ2) is 9.05. The van der Waals surface area contributed by atoms with E-state index in [9.17, 15) is 9.59 Å². The summed E-state index contributed by atoms with van der Waals surface area (Å²) in [5.74, 6) is 0.548. The van der Waals surface area contributed by atoms with Crippen LogP contribution in [0.3, 0.4) is 0 Å². The van der Waals surface area contributed by atoms with Crippen LogP contribution in [-0.2, 0) is 22.5 Å². The molecule has 4 aromatic rings. The molecule has 1 atom stereocenters. The van der Waals surface area contributed by atoms with E-state index < -0.39 is 0 Å². The van der Waals surface area contributed by atoms with Crippen molar-refractivity contribution in [3.63, 3.8) is 0 Å². The molecule has 1 aliphatic rings. The van der Waals surface area contributed by atoms with Crippen LogP contribution in [0.15, 0.2) is 45.7 Å². The Morgan fingerprint density at radius 3 is 2.88 bits per heavy atom. The number of rotatable bonds is 7. The van der Waals surface area contributed by atoms with Gasteiger partial charge in [0.1, 0.15) is 4.70 Å². The van der Waals surface area contributed by atoms with Crippen molar-refractivity contribution in [2.24, 2.45) is 0 Å². The average Bonchev–Trinajstić information content (AvgIpc) is 3.56. The van der Waals surface area contributed by atoms with Crippen molar-refractivity contribution < 1.29 is 9.53 Å². The lowest BCUT2D eigenvalue weighted by atomic mass is 10.1. The third-order valence-corrected chi connectivity index (χ3v) is 7.39. The second-order valence-electron chi connectivity index (χ2n) is 7.69. The van der Waals surface area contributed by atoms with Crippen LogP contribution in [0.2, 0.25) is 0 Å². The van der Waals surface area contributed by atoms with Crippen LogP contribution in [0.25, 0.3) is 16.0 Å². The van der Waals surface area contributed by atoms with Gasteiger partial charge in [-0.3, -0.25) is 18.6 Å². The van der Waals surface area contributed by atoms with E-state index in [2.05, 4.69) is 22.4 Å². The zero-order chi connectivity index (χ0) is 22.1. The van der Waals surface area contributed by atoms with Gasteiger partial charge in [-0.05, 0) is 48.4 Å². The van der Waals surface area contributed by atoms with Gasteiger partial charge in [0.25, 0.3) is 5.56 Å². The van der Waals surface area contributed by atoms with Gasteiger partial charge in [-0.1, -0.05) is 30.8 Å². The number of anilines is 1. The summed E-state index contributed by atoms with van der Waals surface area (Å²) in [4.78, 5) is 25.6. The maximum Gasteiger partial charge on any atom is 0.272 e. The highest BCUT2D eigenvalue weighted by Gasteiger charge is 2.22. The highest BCUT2D eigenvalue weighted by atomic mass is 32.2. The Balaban J connectivity index is 1.40. The Bertz CT molecular complexity index is 1320. The molecule has 8 nitrogen and oxygen atoms in total. The van der Waals surface area contributed by atoms with Crippen LogP contribution >= 0.6 is 23.1 Å². The van der Waals surface area contributed by atoms with Crippen LogP contribution in [0.5, 0.6) is 0 Å². The third-order valence-electron chi connectivity index (χ3n) is 5.57. The number of hydrogen-bond donors (Lipinski definition) is 1. The van der Waals surface area contributed by atoms with E-state index in [1.165, 1.54) is 28.7 Å². The van der Waals surface area contributed by atoms with Gasteiger partial charge in [-0.15, -0.1) is 21.5 Å². The molecule has 4 heterocycles. The summed E-state index contributed by atoms with van der Waals surface area (Å²) in [5.41, 5.74) is 2.68. The van der Waals surface area contributed by atoms with Gasteiger partial charge >= 0.3 is 0 Å². The van der Waals surface area contributed by atoms with E-state index >= 15 is 0 Å². The molecule has 1 aromatic carbocycles. The molecular formula is C22H23N5O3S2. The van der Waals surface area contributed by atoms with Crippen molar-refractivity contribution in [3.05, 3.63) is 51.6 Å². The van der Waals surface area contributed by atoms with E-state index in [1.54, 1.807) is 4.57 Å². The number of benzene rings is 1. The van der Waals surface area contributed by atoms with Gasteiger partial charge in [0.15, 0.2) is 5.16 Å². The number of aromatic nitrogens is 4. The first-order valence-corrected chi connectivity index (χ1v) is 12.5. The van der Waals surface area contributed by atoms with Crippen molar-refractivity contribution in [3.8, 4) is 0 Å². The molecule has 1 fully saturated rings. The van der Waals surface area contributed by atoms with Gasteiger partial charge in [0.2, 0.25) is 11.7 Å². The third kappa shape index (κ3) is 4.05. The molecule has 166 valence electrons. The van der Waals surface area contributed by atoms with Gasteiger partial charge in [0, 0.05) is 12.3 Å². The monoisotopic (exact) mass is 469 g/mol. The molecule has 10 heteroatoms. The molecule has 0 aliphatic carbocycles. The normalized spacial score (nSPS) is 16.2. The quantitative estimate of drug-likeness (QED) is 0.416. The molecule has 3 aromatic heterocycles. The fraction of sp³-hybridized carbons (Fsp3) is 0.364. The molecule has 0 saturated carbocycles. The number of amides is 1. The first-order valence-electron chi connectivity index (χ1n) is 10.6. The molecule has 1 saturated heterocycles. The van der Waals surface area contributed by atoms with Crippen LogP contribution in [0, 0.1) is 0 Å². The largest absolute Gasteiger partial charge is 0.376 e. The van der Waals surface area contributed by atoms with E-state index in [4.69, 9.17) is 4.74 Å². The Labute approximate surface area is 192 Å². The maximum atomic E-state index is 13.1. The minimum Gasteiger partial charge on any atom is -0.376 e. The van der Waals surface area contributed by atoms with Crippen molar-refractivity contribution in [2.75, 3.05) is 17.7 Å². The number of nitrogens with one attached hydrogen (secondary N) is 1. The second-order valence-corrected chi connectivity index (χ2v) is 9.55. The summed E-state index contributed by atoms with van der Waals surface area (Å²) in [5, 5.41) is 14.0. The van der Waals surface area contributed by atoms with Crippen LogP contribution in [0.4, 0.5) is 5.69 Å². The lowest BCUT2D eigenvalue weighted by Gasteiger charge is -2.13. The number of nitrogens with zero attached hydrogens (tertiary/aromatic N) is 4. The lowest BCUT2D eigenvalue weighted by molar-refractivity contribution is -0.113. The molecule has 1 aliphatic heterocycles. The minimum absolute atomic E-state index is 0.00610. The number of thiophene rings is 1. The number of aryl methyl sites for hydroxylation is 1. The van der Waals surface area contributed by atoms with E-state index in [-0.39, 0.29) is 23.3 Å². The summed E-state index contributed by atoms with van der Waals surface area (Å²) in [6.45, 7) is 3.27. The number of thioether (sulfide) groups is 1. The van der Waals surface area contributed by atoms with Crippen molar-refractivity contribution in [2.45, 2.75) is 44.0 Å². The highest BCUT2D eigenvalue weighted by Crippen LogP contribution is 2.25. The van der Waals surface area contributed by atoms with Crippen LogP contribution in [-0.4, -0.2) is 43.5 Å². The predicted octanol–water partition coefficient (Wildman–Crippen LogP) is 3.58. The minimum atomic E-state index is -0.120. The number of carbonyl (C=O) groups is 1. The van der Waals surface area contributed by atoms with Gasteiger partial charge < -0.3 is 10.1 Å². The van der Waals surface area contributed by atoms with Crippen molar-refractivity contribution >= 4 is 50.7 Å². The van der Waals surface area contributed by atoms with E-state index in [0.29, 0.717) is 22.2 Å². The SMILES string of the molecule is CCc1ccc(NC(=O)CSc2nnc3n(CC4CCCO4)c(=O)c4sccc4n23)cc1. The van der Waals surface area contributed by atoms with Gasteiger partial charge in [-0.2, -0.15) is 0 Å². The van der Waals surface area contributed by atoms with Crippen LogP contribution in [0.1, 0.15) is 25.3 Å². The molecule has 1 N–H and O–H groups in total. The Kier molecular flexibility index (Phi) is 5.99. The fourth-order valence-corrected chi connectivity index (χ4v) is 5.46. The summed E-state index contributed by atoms with van der Waals surface area (Å²) >= 11 is 2.71. The smallest absolute Gasteiger partial charge is 0.272 e. The average molecular weight is 470 g/mol. The zero-order valence-corrected chi connectivity index (χ0v) is 19.2. The van der Waals surface area contributed by atoms with E-state index in [1.807, 2.05) is 40.1 Å². The Morgan fingerprint density at radius 1 is 1.28 bits per heavy atom. The van der Waals surface area contributed by atoms with E-state index in [0.717, 1.165) is 37.1 Å². The Hall–Kier alpha value is -2.69. The molecular weight excluding hydrogens is 446 g/mol. The maximum absolute atomic E-state index is 13.1. The lowest BCUT2D eigenvalue weighted by Crippen LogP contribution is -2.28. The first-order chi connectivity index (χ1) is 15.6.